The van der Waals surface area contributed by atoms with Crippen LogP contribution in [0.15, 0.2) is 74.4 Å². The van der Waals surface area contributed by atoms with Crippen molar-refractivity contribution in [1.29, 1.82) is 0 Å². The van der Waals surface area contributed by atoms with E-state index in [9.17, 15) is 18.0 Å². The monoisotopic (exact) mass is 440 g/mol. The predicted octanol–water partition coefficient (Wildman–Crippen LogP) is 4.40. The van der Waals surface area contributed by atoms with E-state index in [1.165, 1.54) is 29.7 Å². The molecule has 0 saturated carbocycles. The average molecular weight is 440 g/mol. The van der Waals surface area contributed by atoms with Crippen LogP contribution in [0, 0.1) is 0 Å². The molecule has 3 rings (SSSR count). The molecular formula is C22H19F3N6O. The molecule has 0 bridgehead atoms. The highest BCUT2D eigenvalue weighted by atomic mass is 19.4. The van der Waals surface area contributed by atoms with Crippen molar-refractivity contribution in [3.63, 3.8) is 0 Å². The number of hydrogen-bond donors (Lipinski definition) is 1. The number of carbonyl (C=O) groups is 1. The van der Waals surface area contributed by atoms with E-state index >= 15 is 0 Å². The fourth-order valence-electron chi connectivity index (χ4n) is 2.75. The molecule has 0 aliphatic carbocycles. The lowest BCUT2D eigenvalue weighted by Crippen LogP contribution is -2.26. The third-order valence-electron chi connectivity index (χ3n) is 4.35. The first-order valence-corrected chi connectivity index (χ1v) is 9.38. The number of halogens is 3. The number of nitrogens with one attached hydrogen (secondary N) is 1. The van der Waals surface area contributed by atoms with E-state index < -0.39 is 11.9 Å². The second kappa shape index (κ2) is 9.82. The number of carbonyl (C=O) groups excluding carboxylic acids is 1. The first-order chi connectivity index (χ1) is 15.3. The van der Waals surface area contributed by atoms with Gasteiger partial charge < -0.3 is 10.2 Å². The summed E-state index contributed by atoms with van der Waals surface area (Å²) in [7, 11) is 0. The summed E-state index contributed by atoms with van der Waals surface area (Å²) in [4.78, 5) is 29.3. The van der Waals surface area contributed by atoms with E-state index in [0.717, 1.165) is 23.4 Å². The van der Waals surface area contributed by atoms with Crippen LogP contribution in [0.5, 0.6) is 0 Å². The smallest absolute Gasteiger partial charge is 0.345 e. The van der Waals surface area contributed by atoms with Crippen molar-refractivity contribution < 1.29 is 18.0 Å². The summed E-state index contributed by atoms with van der Waals surface area (Å²) in [5, 5.41) is 2.67. The maximum atomic E-state index is 12.9. The molecule has 3 aromatic heterocycles. The van der Waals surface area contributed by atoms with E-state index in [4.69, 9.17) is 0 Å². The molecule has 0 spiro atoms. The SMILES string of the molecule is C=CN(/C=C(\C)c1ccnc(C(F)(F)F)c1)CC(=O)Nc1ccc(-c2cncnc2)cn1. The molecule has 1 amide bonds. The van der Waals surface area contributed by atoms with Gasteiger partial charge in [0.05, 0.1) is 0 Å². The molecule has 0 saturated heterocycles. The van der Waals surface area contributed by atoms with Crippen molar-refractivity contribution in [2.45, 2.75) is 13.1 Å². The molecule has 1 N–H and O–H groups in total. The van der Waals surface area contributed by atoms with Crippen LogP contribution >= 0.6 is 0 Å². The lowest BCUT2D eigenvalue weighted by atomic mass is 10.1. The maximum Gasteiger partial charge on any atom is 0.433 e. The van der Waals surface area contributed by atoms with Gasteiger partial charge in [-0.15, -0.1) is 0 Å². The Balaban J connectivity index is 1.65. The highest BCUT2D eigenvalue weighted by molar-refractivity contribution is 5.91. The van der Waals surface area contributed by atoms with Gasteiger partial charge in [0, 0.05) is 42.1 Å². The van der Waals surface area contributed by atoms with Gasteiger partial charge in [0.1, 0.15) is 24.4 Å². The number of amides is 1. The van der Waals surface area contributed by atoms with Gasteiger partial charge in [-0.2, -0.15) is 13.2 Å². The summed E-state index contributed by atoms with van der Waals surface area (Å²) in [5.41, 5.74) is 1.45. The van der Waals surface area contributed by atoms with E-state index in [-0.39, 0.29) is 12.5 Å². The molecule has 32 heavy (non-hydrogen) atoms. The number of alkyl halides is 3. The predicted molar refractivity (Wildman–Crippen MR) is 114 cm³/mol. The van der Waals surface area contributed by atoms with Crippen molar-refractivity contribution in [2.75, 3.05) is 11.9 Å². The Morgan fingerprint density at radius 3 is 2.50 bits per heavy atom. The van der Waals surface area contributed by atoms with Gasteiger partial charge in [-0.3, -0.25) is 9.78 Å². The van der Waals surface area contributed by atoms with Crippen molar-refractivity contribution in [1.82, 2.24) is 24.8 Å². The summed E-state index contributed by atoms with van der Waals surface area (Å²) in [6.07, 6.45) is 5.82. The molecule has 0 unspecified atom stereocenters. The van der Waals surface area contributed by atoms with Crippen LogP contribution in [0.4, 0.5) is 19.0 Å². The number of anilines is 1. The molecule has 0 aliphatic heterocycles. The Hall–Kier alpha value is -4.08. The normalized spacial score (nSPS) is 11.7. The van der Waals surface area contributed by atoms with Crippen molar-refractivity contribution in [3.8, 4) is 11.1 Å². The zero-order chi connectivity index (χ0) is 23.1. The first kappa shape index (κ1) is 22.6. The highest BCUT2D eigenvalue weighted by Gasteiger charge is 2.32. The maximum absolute atomic E-state index is 12.9. The molecule has 3 aromatic rings. The summed E-state index contributed by atoms with van der Waals surface area (Å²) >= 11 is 0. The number of hydrogen-bond acceptors (Lipinski definition) is 6. The quantitative estimate of drug-likeness (QED) is 0.586. The van der Waals surface area contributed by atoms with Gasteiger partial charge >= 0.3 is 6.18 Å². The Kier molecular flexibility index (Phi) is 6.93. The van der Waals surface area contributed by atoms with E-state index in [0.29, 0.717) is 17.0 Å². The minimum atomic E-state index is -4.54. The summed E-state index contributed by atoms with van der Waals surface area (Å²) in [6, 6.07) is 5.84. The van der Waals surface area contributed by atoms with Crippen LogP contribution in [0.1, 0.15) is 18.2 Å². The summed E-state index contributed by atoms with van der Waals surface area (Å²) in [6.45, 7) is 5.18. The Labute approximate surface area is 182 Å². The summed E-state index contributed by atoms with van der Waals surface area (Å²) < 4.78 is 38.7. The van der Waals surface area contributed by atoms with Gasteiger partial charge in [-0.05, 0) is 48.5 Å². The average Bonchev–Trinajstić information content (AvgIpc) is 2.79. The summed E-state index contributed by atoms with van der Waals surface area (Å²) in [5.74, 6) is -0.0211. The lowest BCUT2D eigenvalue weighted by Gasteiger charge is -2.17. The number of allylic oxidation sites excluding steroid dienone is 1. The minimum Gasteiger partial charge on any atom is -0.345 e. The molecule has 0 aromatic carbocycles. The molecular weight excluding hydrogens is 421 g/mol. The number of nitrogens with zero attached hydrogens (tertiary/aromatic N) is 5. The van der Waals surface area contributed by atoms with Crippen LogP contribution < -0.4 is 5.32 Å². The van der Waals surface area contributed by atoms with Gasteiger partial charge in [0.15, 0.2) is 0 Å². The molecule has 7 nitrogen and oxygen atoms in total. The first-order valence-electron chi connectivity index (χ1n) is 9.38. The van der Waals surface area contributed by atoms with Gasteiger partial charge in [-0.1, -0.05) is 6.58 Å². The van der Waals surface area contributed by atoms with Crippen LogP contribution in [0.3, 0.4) is 0 Å². The largest absolute Gasteiger partial charge is 0.433 e. The van der Waals surface area contributed by atoms with Crippen molar-refractivity contribution in [3.05, 3.63) is 85.6 Å². The fourth-order valence-corrected chi connectivity index (χ4v) is 2.75. The Morgan fingerprint density at radius 1 is 1.12 bits per heavy atom. The topological polar surface area (TPSA) is 83.9 Å². The lowest BCUT2D eigenvalue weighted by molar-refractivity contribution is -0.141. The zero-order valence-corrected chi connectivity index (χ0v) is 17.0. The van der Waals surface area contributed by atoms with Gasteiger partial charge in [0.25, 0.3) is 0 Å². The van der Waals surface area contributed by atoms with Crippen LogP contribution in [-0.4, -0.2) is 37.3 Å². The van der Waals surface area contributed by atoms with Crippen LogP contribution in [0.25, 0.3) is 16.7 Å². The number of rotatable bonds is 7. The molecule has 0 aliphatic rings. The third kappa shape index (κ3) is 5.97. The standard InChI is InChI=1S/C22H19F3N6O/c1-3-31(12-15(2)16-6-7-28-19(8-16)22(23,24)25)13-21(32)30-20-5-4-17(11-29-20)18-9-26-14-27-10-18/h3-12,14H,1,13H2,2H3,(H,29,30,32)/b15-12+. The third-order valence-corrected chi connectivity index (χ3v) is 4.35. The van der Waals surface area contributed by atoms with E-state index in [2.05, 4.69) is 31.8 Å². The molecule has 3 heterocycles. The van der Waals surface area contributed by atoms with Crippen LogP contribution in [-0.2, 0) is 11.0 Å². The second-order valence-electron chi connectivity index (χ2n) is 6.70. The highest BCUT2D eigenvalue weighted by Crippen LogP contribution is 2.29. The Bertz CT molecular complexity index is 1110. The van der Waals surface area contributed by atoms with Gasteiger partial charge in [0.2, 0.25) is 5.91 Å². The number of pyridine rings is 2. The molecule has 164 valence electrons. The van der Waals surface area contributed by atoms with Gasteiger partial charge in [-0.25, -0.2) is 15.0 Å². The molecule has 0 radical (unpaired) electrons. The fraction of sp³-hybridized carbons (Fsp3) is 0.136. The molecule has 0 atom stereocenters. The van der Waals surface area contributed by atoms with Crippen LogP contribution in [0.2, 0.25) is 0 Å². The Morgan fingerprint density at radius 2 is 1.88 bits per heavy atom. The van der Waals surface area contributed by atoms with Crippen molar-refractivity contribution in [2.24, 2.45) is 0 Å². The zero-order valence-electron chi connectivity index (χ0n) is 17.0. The van der Waals surface area contributed by atoms with E-state index in [1.807, 2.05) is 0 Å². The number of aromatic nitrogens is 4. The second-order valence-corrected chi connectivity index (χ2v) is 6.70. The van der Waals surface area contributed by atoms with E-state index in [1.54, 1.807) is 37.6 Å². The minimum absolute atomic E-state index is 0.103. The molecule has 10 heteroatoms. The molecule has 0 fully saturated rings. The van der Waals surface area contributed by atoms with Crippen molar-refractivity contribution >= 4 is 17.3 Å².